The summed E-state index contributed by atoms with van der Waals surface area (Å²) >= 11 is 4.98. The quantitative estimate of drug-likeness (QED) is 0.620. The first-order valence-corrected chi connectivity index (χ1v) is 5.75. The van der Waals surface area contributed by atoms with Crippen molar-refractivity contribution in [3.05, 3.63) is 38.3 Å². The first kappa shape index (κ1) is 10.5. The molecule has 5 heteroatoms. The van der Waals surface area contributed by atoms with Crippen LogP contribution in [0.2, 0.25) is 0 Å². The Morgan fingerprint density at radius 3 is 2.77 bits per heavy atom. The average Bonchev–Trinajstić information content (AvgIpc) is 2.08. The fraction of sp³-hybridized carbons (Fsp3) is 0.250. The second kappa shape index (κ2) is 4.62. The lowest BCUT2D eigenvalue weighted by atomic mass is 10.2. The van der Waals surface area contributed by atoms with E-state index in [-0.39, 0.29) is 5.69 Å². The number of hydrogen-bond donors (Lipinski definition) is 0. The summed E-state index contributed by atoms with van der Waals surface area (Å²) in [5.41, 5.74) is 1.20. The van der Waals surface area contributed by atoms with Gasteiger partial charge in [-0.2, -0.15) is 11.8 Å². The maximum atomic E-state index is 10.4. The van der Waals surface area contributed by atoms with E-state index in [9.17, 15) is 10.1 Å². The Morgan fingerprint density at radius 1 is 1.62 bits per heavy atom. The van der Waals surface area contributed by atoms with E-state index in [0.717, 1.165) is 15.8 Å². The molecule has 0 aliphatic carbocycles. The Labute approximate surface area is 88.8 Å². The summed E-state index contributed by atoms with van der Waals surface area (Å²) in [6, 6.07) is 4.83. The second-order valence-corrected chi connectivity index (χ2v) is 4.19. The summed E-state index contributed by atoms with van der Waals surface area (Å²) < 4.78 is 0.802. The minimum Gasteiger partial charge on any atom is -0.258 e. The predicted octanol–water partition coefficient (Wildman–Crippen LogP) is 3.22. The van der Waals surface area contributed by atoms with Crippen molar-refractivity contribution in [2.45, 2.75) is 5.75 Å². The van der Waals surface area contributed by atoms with Gasteiger partial charge in [-0.15, -0.1) is 0 Å². The molecule has 0 amide bonds. The van der Waals surface area contributed by atoms with Crippen LogP contribution in [-0.2, 0) is 5.75 Å². The normalized spacial score (nSPS) is 10.0. The zero-order chi connectivity index (χ0) is 9.84. The number of nitrogens with zero attached hydrogens (tertiary/aromatic N) is 1. The lowest BCUT2D eigenvalue weighted by Crippen LogP contribution is -1.89. The van der Waals surface area contributed by atoms with Crippen molar-refractivity contribution in [1.29, 1.82) is 0 Å². The maximum absolute atomic E-state index is 10.4. The van der Waals surface area contributed by atoms with E-state index >= 15 is 0 Å². The number of benzene rings is 1. The van der Waals surface area contributed by atoms with Gasteiger partial charge in [0.15, 0.2) is 0 Å². The molecular weight excluding hydrogens is 254 g/mol. The molecule has 13 heavy (non-hydrogen) atoms. The van der Waals surface area contributed by atoms with Crippen LogP contribution in [0.3, 0.4) is 0 Å². The zero-order valence-corrected chi connectivity index (χ0v) is 9.39. The molecule has 0 saturated heterocycles. The van der Waals surface area contributed by atoms with Crippen LogP contribution in [0, 0.1) is 10.1 Å². The highest BCUT2D eigenvalue weighted by Crippen LogP contribution is 2.25. The molecule has 0 radical (unpaired) electrons. The van der Waals surface area contributed by atoms with Crippen LogP contribution in [0.1, 0.15) is 5.56 Å². The average molecular weight is 262 g/mol. The van der Waals surface area contributed by atoms with Gasteiger partial charge in [0.25, 0.3) is 5.69 Å². The number of rotatable bonds is 3. The van der Waals surface area contributed by atoms with Gasteiger partial charge >= 0.3 is 0 Å². The van der Waals surface area contributed by atoms with Gasteiger partial charge in [0.1, 0.15) is 0 Å². The molecule has 0 unspecified atom stereocenters. The van der Waals surface area contributed by atoms with Crippen molar-refractivity contribution in [2.75, 3.05) is 6.26 Å². The first-order chi connectivity index (χ1) is 6.15. The second-order valence-electron chi connectivity index (χ2n) is 2.47. The third kappa shape index (κ3) is 2.70. The summed E-state index contributed by atoms with van der Waals surface area (Å²) in [6.45, 7) is 0. The highest BCUT2D eigenvalue weighted by atomic mass is 79.9. The van der Waals surface area contributed by atoms with E-state index in [1.54, 1.807) is 17.8 Å². The molecule has 3 nitrogen and oxygen atoms in total. The van der Waals surface area contributed by atoms with Crippen LogP contribution in [-0.4, -0.2) is 11.2 Å². The topological polar surface area (TPSA) is 43.1 Å². The van der Waals surface area contributed by atoms with Crippen molar-refractivity contribution in [3.8, 4) is 0 Å². The van der Waals surface area contributed by atoms with Gasteiger partial charge in [-0.1, -0.05) is 22.0 Å². The Balaban J connectivity index is 2.98. The summed E-state index contributed by atoms with van der Waals surface area (Å²) in [4.78, 5) is 10.0. The van der Waals surface area contributed by atoms with Gasteiger partial charge in [0.05, 0.1) is 4.92 Å². The van der Waals surface area contributed by atoms with Crippen LogP contribution < -0.4 is 0 Å². The SMILES string of the molecule is CSCc1ccc([N+](=O)[O-])cc1Br. The van der Waals surface area contributed by atoms with Crippen LogP contribution >= 0.6 is 27.7 Å². The maximum Gasteiger partial charge on any atom is 0.270 e. The molecule has 0 atom stereocenters. The molecule has 0 saturated carbocycles. The molecule has 0 aliphatic rings. The van der Waals surface area contributed by atoms with E-state index in [4.69, 9.17) is 0 Å². The third-order valence-corrected chi connectivity index (χ3v) is 2.89. The number of nitro groups is 1. The fourth-order valence-corrected chi connectivity index (χ4v) is 2.18. The molecule has 1 rings (SSSR count). The number of hydrogen-bond acceptors (Lipinski definition) is 3. The van der Waals surface area contributed by atoms with Gasteiger partial charge in [-0.25, -0.2) is 0 Å². The Kier molecular flexibility index (Phi) is 3.74. The van der Waals surface area contributed by atoms with Crippen molar-refractivity contribution in [2.24, 2.45) is 0 Å². The molecule has 0 heterocycles. The monoisotopic (exact) mass is 261 g/mol. The van der Waals surface area contributed by atoms with E-state index < -0.39 is 4.92 Å². The summed E-state index contributed by atoms with van der Waals surface area (Å²) in [5, 5.41) is 10.4. The van der Waals surface area contributed by atoms with E-state index in [1.165, 1.54) is 12.1 Å². The van der Waals surface area contributed by atoms with Crippen LogP contribution in [0.4, 0.5) is 5.69 Å². The van der Waals surface area contributed by atoms with Gasteiger partial charge in [-0.05, 0) is 11.8 Å². The molecule has 0 spiro atoms. The minimum atomic E-state index is -0.395. The van der Waals surface area contributed by atoms with E-state index in [1.807, 2.05) is 6.26 Å². The number of nitro benzene ring substituents is 1. The third-order valence-electron chi connectivity index (χ3n) is 1.55. The highest BCUT2D eigenvalue weighted by molar-refractivity contribution is 9.10. The molecule has 0 aromatic heterocycles. The van der Waals surface area contributed by atoms with Gasteiger partial charge in [-0.3, -0.25) is 10.1 Å². The first-order valence-electron chi connectivity index (χ1n) is 3.57. The highest BCUT2D eigenvalue weighted by Gasteiger charge is 2.07. The number of halogens is 1. The van der Waals surface area contributed by atoms with Crippen LogP contribution in [0.25, 0.3) is 0 Å². The van der Waals surface area contributed by atoms with Crippen LogP contribution in [0.5, 0.6) is 0 Å². The standard InChI is InChI=1S/C8H8BrNO2S/c1-13-5-6-2-3-7(10(11)12)4-8(6)9/h2-4H,5H2,1H3. The van der Waals surface area contributed by atoms with Crippen molar-refractivity contribution in [1.82, 2.24) is 0 Å². The molecule has 1 aromatic rings. The largest absolute Gasteiger partial charge is 0.270 e. The predicted molar refractivity (Wildman–Crippen MR) is 58.0 cm³/mol. The van der Waals surface area contributed by atoms with E-state index in [0.29, 0.717) is 0 Å². The Bertz CT molecular complexity index is 330. The molecule has 1 aromatic carbocycles. The van der Waals surface area contributed by atoms with Crippen molar-refractivity contribution < 1.29 is 4.92 Å². The Hall–Kier alpha value is -0.550. The van der Waals surface area contributed by atoms with Gasteiger partial charge in [0, 0.05) is 22.4 Å². The van der Waals surface area contributed by atoms with Gasteiger partial charge < -0.3 is 0 Å². The molecule has 0 bridgehead atoms. The van der Waals surface area contributed by atoms with E-state index in [2.05, 4.69) is 15.9 Å². The van der Waals surface area contributed by atoms with Crippen molar-refractivity contribution in [3.63, 3.8) is 0 Å². The smallest absolute Gasteiger partial charge is 0.258 e. The molecule has 0 N–H and O–H groups in total. The molecule has 0 fully saturated rings. The summed E-state index contributed by atoms with van der Waals surface area (Å²) in [5.74, 6) is 0.860. The Morgan fingerprint density at radius 2 is 2.31 bits per heavy atom. The zero-order valence-electron chi connectivity index (χ0n) is 6.99. The van der Waals surface area contributed by atoms with Crippen LogP contribution in [0.15, 0.2) is 22.7 Å². The summed E-state index contributed by atoms with van der Waals surface area (Å²) in [6.07, 6.45) is 1.99. The minimum absolute atomic E-state index is 0.122. The van der Waals surface area contributed by atoms with Crippen molar-refractivity contribution >= 4 is 33.4 Å². The number of thioether (sulfide) groups is 1. The molecular formula is C8H8BrNO2S. The lowest BCUT2D eigenvalue weighted by molar-refractivity contribution is -0.384. The van der Waals surface area contributed by atoms with Gasteiger partial charge in [0.2, 0.25) is 0 Å². The molecule has 0 aliphatic heterocycles. The summed E-state index contributed by atoms with van der Waals surface area (Å²) in [7, 11) is 0. The lowest BCUT2D eigenvalue weighted by Gasteiger charge is -2.01. The fourth-order valence-electron chi connectivity index (χ4n) is 0.922. The molecule has 70 valence electrons. The number of non-ortho nitro benzene ring substituents is 1.